The lowest BCUT2D eigenvalue weighted by molar-refractivity contribution is 0.0651. The maximum absolute atomic E-state index is 12.8. The average Bonchev–Trinajstić information content (AvgIpc) is 2.28. The van der Waals surface area contributed by atoms with Gasteiger partial charge in [-0.3, -0.25) is 0 Å². The molecule has 1 aliphatic rings. The predicted molar refractivity (Wildman–Crippen MR) is 63.1 cm³/mol. The zero-order chi connectivity index (χ0) is 10.5. The third kappa shape index (κ3) is 3.82. The van der Waals surface area contributed by atoms with Gasteiger partial charge in [-0.15, -0.1) is 12.4 Å². The molecule has 1 saturated heterocycles. The summed E-state index contributed by atoms with van der Waals surface area (Å²) < 4.78 is 18.2. The molecule has 2 nitrogen and oxygen atoms in total. The van der Waals surface area contributed by atoms with Crippen molar-refractivity contribution in [2.45, 2.75) is 6.10 Å². The molecule has 1 aromatic rings. The molecule has 86 valence electrons. The van der Waals surface area contributed by atoms with Crippen LogP contribution in [0.15, 0.2) is 24.3 Å². The molecule has 4 heteroatoms. The molecule has 2 rings (SSSR count). The SMILES string of the molecule is Cl.Fc1cccc(C#CC2CNCCO2)c1. The summed E-state index contributed by atoms with van der Waals surface area (Å²) in [6.07, 6.45) is -0.0815. The van der Waals surface area contributed by atoms with E-state index in [9.17, 15) is 4.39 Å². The highest BCUT2D eigenvalue weighted by Crippen LogP contribution is 2.02. The van der Waals surface area contributed by atoms with Gasteiger partial charge in [0.1, 0.15) is 11.9 Å². The normalized spacial score (nSPS) is 19.2. The van der Waals surface area contributed by atoms with Crippen LogP contribution in [0.1, 0.15) is 5.56 Å². The summed E-state index contributed by atoms with van der Waals surface area (Å²) in [7, 11) is 0. The summed E-state index contributed by atoms with van der Waals surface area (Å²) in [5.74, 6) is 5.60. The molecule has 0 spiro atoms. The standard InChI is InChI=1S/C12H12FNO.ClH/c13-11-3-1-2-10(8-11)4-5-12-9-14-6-7-15-12;/h1-3,8,12,14H,6-7,9H2;1H. The topological polar surface area (TPSA) is 21.3 Å². The van der Waals surface area contributed by atoms with Crippen LogP contribution < -0.4 is 5.32 Å². The van der Waals surface area contributed by atoms with E-state index < -0.39 is 0 Å². The van der Waals surface area contributed by atoms with Gasteiger partial charge >= 0.3 is 0 Å². The van der Waals surface area contributed by atoms with Crippen molar-refractivity contribution in [2.24, 2.45) is 0 Å². The Morgan fingerprint density at radius 1 is 1.44 bits per heavy atom. The van der Waals surface area contributed by atoms with Crippen LogP contribution in [0.5, 0.6) is 0 Å². The highest BCUT2D eigenvalue weighted by Gasteiger charge is 2.08. The van der Waals surface area contributed by atoms with Gasteiger partial charge in [-0.1, -0.05) is 17.9 Å². The van der Waals surface area contributed by atoms with E-state index in [1.165, 1.54) is 12.1 Å². The van der Waals surface area contributed by atoms with Gasteiger partial charge in [-0.2, -0.15) is 0 Å². The molecule has 0 amide bonds. The second-order valence-electron chi connectivity index (χ2n) is 3.34. The summed E-state index contributed by atoms with van der Waals surface area (Å²) in [4.78, 5) is 0. The van der Waals surface area contributed by atoms with Gasteiger partial charge in [0, 0.05) is 18.7 Å². The highest BCUT2D eigenvalue weighted by atomic mass is 35.5. The molecule has 1 aromatic carbocycles. The van der Waals surface area contributed by atoms with Crippen LogP contribution in [-0.4, -0.2) is 25.8 Å². The Morgan fingerprint density at radius 3 is 3.00 bits per heavy atom. The highest BCUT2D eigenvalue weighted by molar-refractivity contribution is 5.85. The molecule has 0 aromatic heterocycles. The Balaban J connectivity index is 0.00000128. The van der Waals surface area contributed by atoms with Crippen molar-refractivity contribution in [3.05, 3.63) is 35.6 Å². The fourth-order valence-electron chi connectivity index (χ4n) is 1.39. The Kier molecular flexibility index (Phi) is 5.27. The minimum Gasteiger partial charge on any atom is -0.363 e. The number of morpholine rings is 1. The Labute approximate surface area is 101 Å². The fourth-order valence-corrected chi connectivity index (χ4v) is 1.39. The number of halogens is 2. The van der Waals surface area contributed by atoms with Crippen molar-refractivity contribution in [3.63, 3.8) is 0 Å². The first-order chi connectivity index (χ1) is 7.34. The predicted octanol–water partition coefficient (Wildman–Crippen LogP) is 1.59. The summed E-state index contributed by atoms with van der Waals surface area (Å²) in [5.41, 5.74) is 0.684. The van der Waals surface area contributed by atoms with Crippen molar-refractivity contribution in [1.29, 1.82) is 0 Å². The van der Waals surface area contributed by atoms with E-state index in [-0.39, 0.29) is 24.3 Å². The minimum atomic E-state index is -0.260. The second kappa shape index (κ2) is 6.49. The van der Waals surface area contributed by atoms with Gasteiger partial charge in [0.15, 0.2) is 0 Å². The molecule has 0 bridgehead atoms. The maximum atomic E-state index is 12.8. The van der Waals surface area contributed by atoms with Gasteiger partial charge < -0.3 is 10.1 Å². The van der Waals surface area contributed by atoms with Crippen molar-refractivity contribution in [1.82, 2.24) is 5.32 Å². The van der Waals surface area contributed by atoms with E-state index in [1.54, 1.807) is 12.1 Å². The molecule has 0 saturated carbocycles. The van der Waals surface area contributed by atoms with Gasteiger partial charge in [-0.25, -0.2) is 4.39 Å². The van der Waals surface area contributed by atoms with Crippen molar-refractivity contribution >= 4 is 12.4 Å². The van der Waals surface area contributed by atoms with E-state index in [0.29, 0.717) is 12.2 Å². The van der Waals surface area contributed by atoms with Gasteiger partial charge in [0.2, 0.25) is 0 Å². The molecule has 1 unspecified atom stereocenters. The molecular formula is C12H13ClFNO. The Bertz CT molecular complexity index is 393. The zero-order valence-corrected chi connectivity index (χ0v) is 9.52. The van der Waals surface area contributed by atoms with E-state index in [1.807, 2.05) is 0 Å². The number of hydrogen-bond donors (Lipinski definition) is 1. The third-order valence-electron chi connectivity index (χ3n) is 2.13. The lowest BCUT2D eigenvalue weighted by atomic mass is 10.2. The minimum absolute atomic E-state index is 0. The Hall–Kier alpha value is -1.08. The average molecular weight is 242 g/mol. The molecular weight excluding hydrogens is 229 g/mol. The van der Waals surface area contributed by atoms with Crippen LogP contribution >= 0.6 is 12.4 Å². The number of ether oxygens (including phenoxy) is 1. The fraction of sp³-hybridized carbons (Fsp3) is 0.333. The van der Waals surface area contributed by atoms with E-state index in [4.69, 9.17) is 4.74 Å². The molecule has 1 aliphatic heterocycles. The molecule has 1 fully saturated rings. The first-order valence-electron chi connectivity index (χ1n) is 4.94. The third-order valence-corrected chi connectivity index (χ3v) is 2.13. The van der Waals surface area contributed by atoms with Gasteiger partial charge in [-0.05, 0) is 18.2 Å². The lowest BCUT2D eigenvalue weighted by Gasteiger charge is -2.18. The summed E-state index contributed by atoms with van der Waals surface area (Å²) in [6, 6.07) is 6.26. The number of benzene rings is 1. The smallest absolute Gasteiger partial charge is 0.131 e. The summed E-state index contributed by atoms with van der Waals surface area (Å²) >= 11 is 0. The number of hydrogen-bond acceptors (Lipinski definition) is 2. The monoisotopic (exact) mass is 241 g/mol. The van der Waals surface area contributed by atoms with Gasteiger partial charge in [0.05, 0.1) is 6.61 Å². The number of rotatable bonds is 0. The molecule has 0 radical (unpaired) electrons. The van der Waals surface area contributed by atoms with Crippen LogP contribution in [0.3, 0.4) is 0 Å². The van der Waals surface area contributed by atoms with E-state index >= 15 is 0 Å². The molecule has 1 atom stereocenters. The van der Waals surface area contributed by atoms with Crippen molar-refractivity contribution < 1.29 is 9.13 Å². The molecule has 16 heavy (non-hydrogen) atoms. The van der Waals surface area contributed by atoms with Crippen LogP contribution in [0.2, 0.25) is 0 Å². The van der Waals surface area contributed by atoms with E-state index in [2.05, 4.69) is 17.2 Å². The summed E-state index contributed by atoms with van der Waals surface area (Å²) in [6.45, 7) is 2.29. The lowest BCUT2D eigenvalue weighted by Crippen LogP contribution is -2.37. The van der Waals surface area contributed by atoms with Crippen LogP contribution in [-0.2, 0) is 4.74 Å². The molecule has 1 N–H and O–H groups in total. The van der Waals surface area contributed by atoms with Crippen LogP contribution in [0.4, 0.5) is 4.39 Å². The Morgan fingerprint density at radius 2 is 2.31 bits per heavy atom. The van der Waals surface area contributed by atoms with E-state index in [0.717, 1.165) is 13.1 Å². The van der Waals surface area contributed by atoms with Gasteiger partial charge in [0.25, 0.3) is 0 Å². The molecule has 1 heterocycles. The summed E-state index contributed by atoms with van der Waals surface area (Å²) in [5, 5.41) is 3.18. The van der Waals surface area contributed by atoms with Crippen LogP contribution in [0, 0.1) is 17.7 Å². The maximum Gasteiger partial charge on any atom is 0.131 e. The molecule has 0 aliphatic carbocycles. The second-order valence-corrected chi connectivity index (χ2v) is 3.34. The first-order valence-corrected chi connectivity index (χ1v) is 4.94. The van der Waals surface area contributed by atoms with Crippen molar-refractivity contribution in [3.8, 4) is 11.8 Å². The van der Waals surface area contributed by atoms with Crippen molar-refractivity contribution in [2.75, 3.05) is 19.7 Å². The largest absolute Gasteiger partial charge is 0.363 e. The zero-order valence-electron chi connectivity index (χ0n) is 8.70. The quantitative estimate of drug-likeness (QED) is 0.697. The number of nitrogens with one attached hydrogen (secondary N) is 1. The first kappa shape index (κ1) is 13.0. The van der Waals surface area contributed by atoms with Crippen LogP contribution in [0.25, 0.3) is 0 Å².